The zero-order valence-corrected chi connectivity index (χ0v) is 16.1. The first kappa shape index (κ1) is 20.1. The molecule has 7 nitrogen and oxygen atoms in total. The molecule has 1 aliphatic rings. The largest absolute Gasteiger partial charge is 0.484 e. The lowest BCUT2D eigenvalue weighted by molar-refractivity contribution is -0.384. The van der Waals surface area contributed by atoms with Crippen molar-refractivity contribution in [2.45, 2.75) is 18.9 Å². The molecule has 0 spiro atoms. The maximum absolute atomic E-state index is 12.2. The van der Waals surface area contributed by atoms with Crippen LogP contribution in [-0.2, 0) is 4.79 Å². The lowest BCUT2D eigenvalue weighted by Crippen LogP contribution is -2.38. The van der Waals surface area contributed by atoms with E-state index in [0.717, 1.165) is 31.5 Å². The summed E-state index contributed by atoms with van der Waals surface area (Å²) in [5, 5.41) is 14.3. The highest BCUT2D eigenvalue weighted by Gasteiger charge is 2.24. The molecule has 0 saturated carbocycles. The normalized spacial score (nSPS) is 15.2. The standard InChI is InChI=1S/C20H22ClN3O4/c21-16-5-3-4-15(12-16)19(23-10-1-2-11-23)13-22-20(25)14-28-18-8-6-17(7-9-18)24(26)27/h3-9,12,19H,1-2,10-11,13-14H2,(H,22,25). The van der Waals surface area contributed by atoms with Gasteiger partial charge in [0.05, 0.1) is 11.0 Å². The van der Waals surface area contributed by atoms with E-state index in [1.165, 1.54) is 24.3 Å². The van der Waals surface area contributed by atoms with Crippen LogP contribution in [0.4, 0.5) is 5.69 Å². The van der Waals surface area contributed by atoms with Gasteiger partial charge in [-0.3, -0.25) is 19.8 Å². The number of non-ortho nitro benzene ring substituents is 1. The Kier molecular flexibility index (Phi) is 6.84. The Morgan fingerprint density at radius 2 is 1.93 bits per heavy atom. The Balaban J connectivity index is 1.55. The number of hydrogen-bond acceptors (Lipinski definition) is 5. The predicted octanol–water partition coefficient (Wildman–Crippen LogP) is 3.58. The summed E-state index contributed by atoms with van der Waals surface area (Å²) in [6.07, 6.45) is 2.29. The van der Waals surface area contributed by atoms with Crippen LogP contribution in [0, 0.1) is 10.1 Å². The van der Waals surface area contributed by atoms with Gasteiger partial charge in [-0.15, -0.1) is 0 Å². The second-order valence-corrected chi connectivity index (χ2v) is 7.09. The summed E-state index contributed by atoms with van der Waals surface area (Å²) in [6.45, 7) is 2.29. The molecular formula is C20H22ClN3O4. The smallest absolute Gasteiger partial charge is 0.269 e. The Morgan fingerprint density at radius 3 is 2.57 bits per heavy atom. The number of halogens is 1. The highest BCUT2D eigenvalue weighted by molar-refractivity contribution is 6.30. The number of nitrogens with zero attached hydrogens (tertiary/aromatic N) is 2. The number of carbonyl (C=O) groups is 1. The van der Waals surface area contributed by atoms with Crippen LogP contribution in [-0.4, -0.2) is 42.0 Å². The first-order valence-electron chi connectivity index (χ1n) is 9.16. The number of likely N-dealkylation sites (tertiary alicyclic amines) is 1. The first-order chi connectivity index (χ1) is 13.5. The van der Waals surface area contributed by atoms with Crippen molar-refractivity contribution in [3.8, 4) is 5.75 Å². The molecule has 148 valence electrons. The van der Waals surface area contributed by atoms with E-state index < -0.39 is 4.92 Å². The van der Waals surface area contributed by atoms with E-state index in [1.54, 1.807) is 0 Å². The second-order valence-electron chi connectivity index (χ2n) is 6.66. The van der Waals surface area contributed by atoms with Crippen molar-refractivity contribution < 1.29 is 14.5 Å². The number of rotatable bonds is 8. The Bertz CT molecular complexity index is 822. The third-order valence-electron chi connectivity index (χ3n) is 4.72. The summed E-state index contributed by atoms with van der Waals surface area (Å²) in [7, 11) is 0. The summed E-state index contributed by atoms with van der Waals surface area (Å²) in [5.41, 5.74) is 1.05. The molecule has 0 aliphatic carbocycles. The summed E-state index contributed by atoms with van der Waals surface area (Å²) in [4.78, 5) is 24.8. The molecule has 2 aromatic rings. The van der Waals surface area contributed by atoms with Crippen molar-refractivity contribution in [2.24, 2.45) is 0 Å². The van der Waals surface area contributed by atoms with Gasteiger partial charge in [0.15, 0.2) is 6.61 Å². The van der Waals surface area contributed by atoms with Gasteiger partial charge in [-0.25, -0.2) is 0 Å². The average Bonchev–Trinajstić information content (AvgIpc) is 3.21. The van der Waals surface area contributed by atoms with Crippen LogP contribution in [0.3, 0.4) is 0 Å². The molecule has 8 heteroatoms. The van der Waals surface area contributed by atoms with Crippen LogP contribution in [0.5, 0.6) is 5.75 Å². The van der Waals surface area contributed by atoms with Crippen LogP contribution in [0.15, 0.2) is 48.5 Å². The van der Waals surface area contributed by atoms with Gasteiger partial charge in [-0.2, -0.15) is 0 Å². The fraction of sp³-hybridized carbons (Fsp3) is 0.350. The Morgan fingerprint density at radius 1 is 1.21 bits per heavy atom. The SMILES string of the molecule is O=C(COc1ccc([N+](=O)[O-])cc1)NCC(c1cccc(Cl)c1)N1CCCC1. The highest BCUT2D eigenvalue weighted by atomic mass is 35.5. The van der Waals surface area contributed by atoms with Gasteiger partial charge < -0.3 is 10.1 Å². The van der Waals surface area contributed by atoms with Gasteiger partial charge in [-0.1, -0.05) is 23.7 Å². The maximum atomic E-state index is 12.2. The molecule has 2 aromatic carbocycles. The third-order valence-corrected chi connectivity index (χ3v) is 4.96. The zero-order chi connectivity index (χ0) is 19.9. The van der Waals surface area contributed by atoms with E-state index >= 15 is 0 Å². The molecular weight excluding hydrogens is 382 g/mol. The van der Waals surface area contributed by atoms with Crippen LogP contribution >= 0.6 is 11.6 Å². The number of carbonyl (C=O) groups excluding carboxylic acids is 1. The van der Waals surface area contributed by atoms with Gasteiger partial charge in [0.2, 0.25) is 0 Å². The van der Waals surface area contributed by atoms with Crippen molar-refractivity contribution in [1.82, 2.24) is 10.2 Å². The molecule has 1 saturated heterocycles. The van der Waals surface area contributed by atoms with Crippen molar-refractivity contribution in [3.63, 3.8) is 0 Å². The average molecular weight is 404 g/mol. The van der Waals surface area contributed by atoms with E-state index in [4.69, 9.17) is 16.3 Å². The predicted molar refractivity (Wildman–Crippen MR) is 107 cm³/mol. The number of benzene rings is 2. The molecule has 1 aliphatic heterocycles. The molecule has 1 fully saturated rings. The Labute approximate surface area is 168 Å². The van der Waals surface area contributed by atoms with Gasteiger partial charge in [0.25, 0.3) is 11.6 Å². The molecule has 1 unspecified atom stereocenters. The van der Waals surface area contributed by atoms with E-state index in [2.05, 4.69) is 10.2 Å². The number of amides is 1. The van der Waals surface area contributed by atoms with E-state index in [9.17, 15) is 14.9 Å². The minimum atomic E-state index is -0.481. The summed E-state index contributed by atoms with van der Waals surface area (Å²) < 4.78 is 5.42. The second kappa shape index (κ2) is 9.52. The van der Waals surface area contributed by atoms with Gasteiger partial charge >= 0.3 is 0 Å². The topological polar surface area (TPSA) is 84.7 Å². The monoisotopic (exact) mass is 403 g/mol. The molecule has 1 atom stereocenters. The van der Waals surface area contributed by atoms with E-state index in [-0.39, 0.29) is 24.2 Å². The quantitative estimate of drug-likeness (QED) is 0.538. The van der Waals surface area contributed by atoms with Crippen LogP contribution in [0.2, 0.25) is 5.02 Å². The van der Waals surface area contributed by atoms with Gasteiger partial charge in [0, 0.05) is 23.7 Å². The molecule has 28 heavy (non-hydrogen) atoms. The Hall–Kier alpha value is -2.64. The number of hydrogen-bond donors (Lipinski definition) is 1. The molecule has 1 N–H and O–H groups in total. The number of nitrogens with one attached hydrogen (secondary N) is 1. The minimum absolute atomic E-state index is 0.0215. The van der Waals surface area contributed by atoms with Crippen LogP contribution in [0.1, 0.15) is 24.4 Å². The molecule has 3 rings (SSSR count). The van der Waals surface area contributed by atoms with Crippen molar-refractivity contribution >= 4 is 23.2 Å². The first-order valence-corrected chi connectivity index (χ1v) is 9.54. The van der Waals surface area contributed by atoms with Crippen molar-refractivity contribution in [2.75, 3.05) is 26.2 Å². The number of ether oxygens (including phenoxy) is 1. The zero-order valence-electron chi connectivity index (χ0n) is 15.3. The molecule has 1 amide bonds. The maximum Gasteiger partial charge on any atom is 0.269 e. The highest BCUT2D eigenvalue weighted by Crippen LogP contribution is 2.26. The van der Waals surface area contributed by atoms with Crippen molar-refractivity contribution in [3.05, 3.63) is 69.2 Å². The lowest BCUT2D eigenvalue weighted by Gasteiger charge is -2.28. The summed E-state index contributed by atoms with van der Waals surface area (Å²) in [6, 6.07) is 13.4. The van der Waals surface area contributed by atoms with Crippen molar-refractivity contribution in [1.29, 1.82) is 0 Å². The molecule has 0 aromatic heterocycles. The minimum Gasteiger partial charge on any atom is -0.484 e. The molecule has 1 heterocycles. The summed E-state index contributed by atoms with van der Waals surface area (Å²) in [5.74, 6) is 0.163. The summed E-state index contributed by atoms with van der Waals surface area (Å²) >= 11 is 6.14. The van der Waals surface area contributed by atoms with Gasteiger partial charge in [0.1, 0.15) is 5.75 Å². The number of nitro groups is 1. The van der Waals surface area contributed by atoms with Gasteiger partial charge in [-0.05, 0) is 55.8 Å². The molecule has 0 bridgehead atoms. The van der Waals surface area contributed by atoms with E-state index in [1.807, 2.05) is 24.3 Å². The van der Waals surface area contributed by atoms with E-state index in [0.29, 0.717) is 17.3 Å². The fourth-order valence-corrected chi connectivity index (χ4v) is 3.50. The number of nitro benzene ring substituents is 1. The van der Waals surface area contributed by atoms with Crippen LogP contribution < -0.4 is 10.1 Å². The lowest BCUT2D eigenvalue weighted by atomic mass is 10.1. The third kappa shape index (κ3) is 5.43. The molecule has 0 radical (unpaired) electrons. The fourth-order valence-electron chi connectivity index (χ4n) is 3.30. The van der Waals surface area contributed by atoms with Crippen LogP contribution in [0.25, 0.3) is 0 Å².